The molecule has 2 aliphatic heterocycles. The van der Waals surface area contributed by atoms with Gasteiger partial charge < -0.3 is 19.5 Å². The summed E-state index contributed by atoms with van der Waals surface area (Å²) in [5, 5.41) is 9.32. The first-order valence-corrected chi connectivity index (χ1v) is 13.2. The maximum atomic E-state index is 13.6. The zero-order valence-electron chi connectivity index (χ0n) is 22.2. The van der Waals surface area contributed by atoms with Crippen molar-refractivity contribution in [2.75, 3.05) is 33.4 Å². The minimum absolute atomic E-state index is 0.0260. The highest BCUT2D eigenvalue weighted by Gasteiger charge is 2.35. The van der Waals surface area contributed by atoms with E-state index >= 15 is 0 Å². The number of likely N-dealkylation sites (tertiary alicyclic amines) is 1. The van der Waals surface area contributed by atoms with Crippen LogP contribution in [-0.2, 0) is 24.3 Å². The molecule has 9 heteroatoms. The van der Waals surface area contributed by atoms with E-state index in [-0.39, 0.29) is 23.3 Å². The molecule has 2 aliphatic rings. The summed E-state index contributed by atoms with van der Waals surface area (Å²) >= 11 is 0. The van der Waals surface area contributed by atoms with Crippen molar-refractivity contribution < 1.29 is 28.6 Å². The highest BCUT2D eigenvalue weighted by Crippen LogP contribution is 2.36. The van der Waals surface area contributed by atoms with Gasteiger partial charge in [-0.3, -0.25) is 14.7 Å². The Morgan fingerprint density at radius 3 is 2.69 bits per heavy atom. The fourth-order valence-electron chi connectivity index (χ4n) is 5.60. The number of carboxylic acids is 1. The number of carboxylic acid groups (broad SMARTS) is 1. The Labute approximate surface area is 227 Å². The Kier molecular flexibility index (Phi) is 7.90. The van der Waals surface area contributed by atoms with E-state index in [2.05, 4.69) is 16.0 Å². The molecule has 0 radical (unpaired) electrons. The number of fused-ring (bicyclic) bond motifs is 1. The number of ether oxygens (including phenoxy) is 2. The van der Waals surface area contributed by atoms with Gasteiger partial charge in [0.05, 0.1) is 30.0 Å². The lowest BCUT2D eigenvalue weighted by atomic mass is 9.96. The van der Waals surface area contributed by atoms with E-state index in [1.165, 1.54) is 24.4 Å². The molecule has 1 N–H and O–H groups in total. The van der Waals surface area contributed by atoms with E-state index < -0.39 is 5.97 Å². The van der Waals surface area contributed by atoms with Gasteiger partial charge in [0.1, 0.15) is 11.6 Å². The SMILES string of the molecule is CCOc1cc(CN2CCC(N3CCc4ncc(C(=O)O)cc4C3=O)C2)cc(COC)c1-c1ccc(F)cc1. The number of aromatic carboxylic acids is 1. The molecule has 1 atom stereocenters. The first-order chi connectivity index (χ1) is 18.9. The Morgan fingerprint density at radius 1 is 1.18 bits per heavy atom. The molecule has 3 aromatic rings. The number of rotatable bonds is 9. The summed E-state index contributed by atoms with van der Waals surface area (Å²) in [5.74, 6) is -0.802. The summed E-state index contributed by atoms with van der Waals surface area (Å²) in [7, 11) is 1.65. The van der Waals surface area contributed by atoms with E-state index in [1.54, 1.807) is 19.2 Å². The number of methoxy groups -OCH3 is 1. The molecule has 1 aromatic heterocycles. The molecule has 8 nitrogen and oxygen atoms in total. The molecule has 0 bridgehead atoms. The second-order valence-electron chi connectivity index (χ2n) is 9.95. The van der Waals surface area contributed by atoms with Crippen LogP contribution < -0.4 is 4.74 Å². The van der Waals surface area contributed by atoms with Crippen LogP contribution >= 0.6 is 0 Å². The van der Waals surface area contributed by atoms with Gasteiger partial charge >= 0.3 is 5.97 Å². The van der Waals surface area contributed by atoms with E-state index in [4.69, 9.17) is 9.47 Å². The topological polar surface area (TPSA) is 92.2 Å². The molecule has 1 unspecified atom stereocenters. The molecule has 3 heterocycles. The van der Waals surface area contributed by atoms with Crippen molar-refractivity contribution >= 4 is 11.9 Å². The van der Waals surface area contributed by atoms with Crippen LogP contribution in [0.3, 0.4) is 0 Å². The molecule has 0 aliphatic carbocycles. The largest absolute Gasteiger partial charge is 0.493 e. The number of aromatic nitrogens is 1. The van der Waals surface area contributed by atoms with Crippen LogP contribution in [0.25, 0.3) is 11.1 Å². The van der Waals surface area contributed by atoms with Crippen molar-refractivity contribution in [1.82, 2.24) is 14.8 Å². The van der Waals surface area contributed by atoms with Crippen molar-refractivity contribution in [2.24, 2.45) is 0 Å². The number of pyridine rings is 1. The van der Waals surface area contributed by atoms with Gasteiger partial charge in [-0.05, 0) is 54.3 Å². The lowest BCUT2D eigenvalue weighted by Gasteiger charge is -2.33. The highest BCUT2D eigenvalue weighted by atomic mass is 19.1. The third kappa shape index (κ3) is 5.65. The number of nitrogens with zero attached hydrogens (tertiary/aromatic N) is 3. The van der Waals surface area contributed by atoms with Crippen molar-refractivity contribution in [3.63, 3.8) is 0 Å². The number of benzene rings is 2. The van der Waals surface area contributed by atoms with Gasteiger partial charge in [-0.1, -0.05) is 18.2 Å². The number of carbonyl (C=O) groups excluding carboxylic acids is 1. The van der Waals surface area contributed by atoms with Gasteiger partial charge in [-0.25, -0.2) is 9.18 Å². The summed E-state index contributed by atoms with van der Waals surface area (Å²) in [4.78, 5) is 33.1. The summed E-state index contributed by atoms with van der Waals surface area (Å²) in [6.45, 7) is 5.62. The third-order valence-corrected chi connectivity index (χ3v) is 7.37. The summed E-state index contributed by atoms with van der Waals surface area (Å²) < 4.78 is 25.1. The molecule has 204 valence electrons. The smallest absolute Gasteiger partial charge is 0.337 e. The van der Waals surface area contributed by atoms with Gasteiger partial charge in [0.25, 0.3) is 5.91 Å². The summed E-state index contributed by atoms with van der Waals surface area (Å²) in [6, 6.07) is 12.0. The van der Waals surface area contributed by atoms with Gasteiger partial charge in [-0.15, -0.1) is 0 Å². The van der Waals surface area contributed by atoms with Crippen molar-refractivity contribution in [3.05, 3.63) is 82.4 Å². The molecule has 1 saturated heterocycles. The van der Waals surface area contributed by atoms with E-state index in [0.717, 1.165) is 47.5 Å². The molecule has 1 fully saturated rings. The van der Waals surface area contributed by atoms with Crippen LogP contribution in [0.5, 0.6) is 5.75 Å². The van der Waals surface area contributed by atoms with Crippen LogP contribution in [0, 0.1) is 5.82 Å². The predicted octanol–water partition coefficient (Wildman–Crippen LogP) is 4.40. The van der Waals surface area contributed by atoms with Crippen LogP contribution in [0.4, 0.5) is 4.39 Å². The number of carbonyl (C=O) groups is 2. The summed E-state index contributed by atoms with van der Waals surface area (Å²) in [5.41, 5.74) is 4.87. The third-order valence-electron chi connectivity index (χ3n) is 7.37. The van der Waals surface area contributed by atoms with Gasteiger partial charge in [0.15, 0.2) is 0 Å². The van der Waals surface area contributed by atoms with Crippen LogP contribution in [0.2, 0.25) is 0 Å². The predicted molar refractivity (Wildman–Crippen MR) is 143 cm³/mol. The molecule has 2 aromatic carbocycles. The average molecular weight is 534 g/mol. The second-order valence-corrected chi connectivity index (χ2v) is 9.95. The summed E-state index contributed by atoms with van der Waals surface area (Å²) in [6.07, 6.45) is 2.77. The minimum atomic E-state index is -1.09. The Bertz CT molecular complexity index is 1350. The highest BCUT2D eigenvalue weighted by molar-refractivity contribution is 5.99. The fraction of sp³-hybridized carbons (Fsp3) is 0.367. The lowest BCUT2D eigenvalue weighted by Crippen LogP contribution is -2.46. The molecule has 39 heavy (non-hydrogen) atoms. The number of amides is 1. The zero-order valence-corrected chi connectivity index (χ0v) is 22.2. The van der Waals surface area contributed by atoms with E-state index in [9.17, 15) is 19.1 Å². The van der Waals surface area contributed by atoms with Crippen molar-refractivity contribution in [3.8, 4) is 16.9 Å². The Balaban J connectivity index is 1.34. The van der Waals surface area contributed by atoms with Gasteiger partial charge in [-0.2, -0.15) is 0 Å². The van der Waals surface area contributed by atoms with Gasteiger partial charge in [0, 0.05) is 57.5 Å². The molecule has 0 spiro atoms. The van der Waals surface area contributed by atoms with Crippen LogP contribution in [0.15, 0.2) is 48.7 Å². The Morgan fingerprint density at radius 2 is 1.97 bits per heavy atom. The first-order valence-electron chi connectivity index (χ1n) is 13.2. The molecular weight excluding hydrogens is 501 g/mol. The maximum Gasteiger partial charge on any atom is 0.337 e. The second kappa shape index (κ2) is 11.5. The lowest BCUT2D eigenvalue weighted by molar-refractivity contribution is 0.0661. The molecular formula is C30H32FN3O5. The van der Waals surface area contributed by atoms with Crippen LogP contribution in [0.1, 0.15) is 50.9 Å². The fourth-order valence-corrected chi connectivity index (χ4v) is 5.60. The monoisotopic (exact) mass is 533 g/mol. The standard InChI is InChI=1S/C30H32FN3O5/c1-3-39-27-13-19(12-22(18-38-2)28(27)20-4-6-23(31)7-5-20)16-33-10-8-24(17-33)34-11-9-26-25(29(34)35)14-21(15-32-26)30(36)37/h4-7,12-15,24H,3,8-11,16-18H2,1-2H3,(H,36,37). The number of hydrogen-bond donors (Lipinski definition) is 1. The quantitative estimate of drug-likeness (QED) is 0.436. The average Bonchev–Trinajstić information content (AvgIpc) is 3.38. The number of halogens is 1. The molecule has 0 saturated carbocycles. The Hall–Kier alpha value is -3.82. The molecule has 1 amide bonds. The first kappa shape index (κ1) is 26.8. The van der Waals surface area contributed by atoms with Crippen molar-refractivity contribution in [1.29, 1.82) is 0 Å². The zero-order chi connectivity index (χ0) is 27.5. The van der Waals surface area contributed by atoms with Crippen LogP contribution in [-0.4, -0.2) is 71.2 Å². The van der Waals surface area contributed by atoms with Gasteiger partial charge in [0.2, 0.25) is 0 Å². The maximum absolute atomic E-state index is 13.6. The molecule has 5 rings (SSSR count). The van der Waals surface area contributed by atoms with Crippen molar-refractivity contribution in [2.45, 2.75) is 39.0 Å². The normalized spacial score (nSPS) is 17.4. The van der Waals surface area contributed by atoms with E-state index in [1.807, 2.05) is 17.9 Å². The number of hydrogen-bond acceptors (Lipinski definition) is 6. The van der Waals surface area contributed by atoms with E-state index in [0.29, 0.717) is 44.0 Å². The minimum Gasteiger partial charge on any atom is -0.493 e.